The molecule has 2 heterocycles. The maximum Gasteiger partial charge on any atom is 0.404 e. The molecular weight excluding hydrogens is 338 g/mol. The predicted octanol–water partition coefficient (Wildman–Crippen LogP) is 2.51. The number of carbonyl (C=O) groups is 2. The van der Waals surface area contributed by atoms with Crippen LogP contribution in [0.15, 0.2) is 22.9 Å². The zero-order valence-electron chi connectivity index (χ0n) is 14.6. The molecule has 9 nitrogen and oxygen atoms in total. The fourth-order valence-corrected chi connectivity index (χ4v) is 3.63. The molecule has 0 spiro atoms. The number of amides is 2. The Balaban J connectivity index is 1.49. The van der Waals surface area contributed by atoms with Crippen LogP contribution in [0.1, 0.15) is 50.0 Å². The van der Waals surface area contributed by atoms with Gasteiger partial charge in [0.1, 0.15) is 5.76 Å². The maximum absolute atomic E-state index is 12.0. The number of hydrogen-bond acceptors (Lipinski definition) is 5. The van der Waals surface area contributed by atoms with Crippen molar-refractivity contribution in [1.82, 2.24) is 20.7 Å². The van der Waals surface area contributed by atoms with Crippen molar-refractivity contribution in [3.05, 3.63) is 29.8 Å². The van der Waals surface area contributed by atoms with Gasteiger partial charge in [-0.1, -0.05) is 5.16 Å². The Morgan fingerprint density at radius 1 is 1.46 bits per heavy atom. The van der Waals surface area contributed by atoms with Gasteiger partial charge in [0.15, 0.2) is 5.82 Å². The smallest absolute Gasteiger partial charge is 0.404 e. The summed E-state index contributed by atoms with van der Waals surface area (Å²) < 4.78 is 4.91. The van der Waals surface area contributed by atoms with Crippen LogP contribution >= 0.6 is 0 Å². The predicted molar refractivity (Wildman–Crippen MR) is 92.7 cm³/mol. The van der Waals surface area contributed by atoms with Gasteiger partial charge < -0.3 is 20.3 Å². The first-order chi connectivity index (χ1) is 12.5. The molecule has 1 aliphatic carbocycles. The molecule has 1 fully saturated rings. The van der Waals surface area contributed by atoms with Crippen molar-refractivity contribution in [3.63, 3.8) is 0 Å². The van der Waals surface area contributed by atoms with Crippen LogP contribution in [0.25, 0.3) is 0 Å². The molecule has 0 bridgehead atoms. The number of nitrogens with one attached hydrogen (secondary N) is 3. The number of nitrogens with zero attached hydrogens (tertiary/aromatic N) is 2. The minimum absolute atomic E-state index is 0.0519. The van der Waals surface area contributed by atoms with Gasteiger partial charge in [0, 0.05) is 29.8 Å². The first-order valence-corrected chi connectivity index (χ1v) is 8.73. The lowest BCUT2D eigenvalue weighted by atomic mass is 9.96. The average molecular weight is 361 g/mol. The molecule has 2 aromatic heterocycles. The van der Waals surface area contributed by atoms with Crippen LogP contribution in [0.5, 0.6) is 0 Å². The monoisotopic (exact) mass is 361 g/mol. The molecule has 3 unspecified atom stereocenters. The molecule has 2 aromatic rings. The minimum Gasteiger partial charge on any atom is -0.465 e. The summed E-state index contributed by atoms with van der Waals surface area (Å²) in [4.78, 5) is 22.7. The second kappa shape index (κ2) is 8.03. The van der Waals surface area contributed by atoms with Crippen molar-refractivity contribution < 1.29 is 19.2 Å². The number of hydrogen-bond donors (Lipinski definition) is 4. The number of aromatic nitrogens is 3. The molecule has 3 rings (SSSR count). The Kier molecular flexibility index (Phi) is 5.55. The van der Waals surface area contributed by atoms with E-state index in [9.17, 15) is 9.59 Å². The lowest BCUT2D eigenvalue weighted by Crippen LogP contribution is -2.32. The Bertz CT molecular complexity index is 742. The van der Waals surface area contributed by atoms with Gasteiger partial charge in [-0.15, -0.1) is 0 Å². The van der Waals surface area contributed by atoms with Crippen LogP contribution < -0.4 is 10.6 Å². The summed E-state index contributed by atoms with van der Waals surface area (Å²) in [6.45, 7) is 1.89. The third kappa shape index (κ3) is 4.84. The Hall–Kier alpha value is -2.84. The molecule has 9 heteroatoms. The molecule has 0 aromatic carbocycles. The van der Waals surface area contributed by atoms with Crippen molar-refractivity contribution in [3.8, 4) is 0 Å². The molecule has 2 amide bonds. The van der Waals surface area contributed by atoms with Crippen molar-refractivity contribution in [2.24, 2.45) is 5.92 Å². The van der Waals surface area contributed by atoms with Gasteiger partial charge >= 0.3 is 6.09 Å². The molecule has 3 atom stereocenters. The van der Waals surface area contributed by atoms with E-state index in [0.717, 1.165) is 31.4 Å². The highest BCUT2D eigenvalue weighted by Gasteiger charge is 2.28. The number of carboxylic acid groups (broad SMARTS) is 1. The first-order valence-electron chi connectivity index (χ1n) is 8.73. The molecule has 0 radical (unpaired) electrons. The fourth-order valence-electron chi connectivity index (χ4n) is 3.63. The summed E-state index contributed by atoms with van der Waals surface area (Å²) >= 11 is 0. The number of anilines is 1. The molecule has 0 aliphatic heterocycles. The highest BCUT2D eigenvalue weighted by Crippen LogP contribution is 2.40. The highest BCUT2D eigenvalue weighted by atomic mass is 16.5. The van der Waals surface area contributed by atoms with Crippen molar-refractivity contribution in [2.75, 3.05) is 5.32 Å². The van der Waals surface area contributed by atoms with Crippen LogP contribution in [-0.2, 0) is 11.2 Å². The summed E-state index contributed by atoms with van der Waals surface area (Å²) in [6.07, 6.45) is 4.53. The number of H-pyrrole nitrogens is 1. The summed E-state index contributed by atoms with van der Waals surface area (Å²) in [6, 6.07) is 3.46. The molecule has 1 aliphatic rings. The highest BCUT2D eigenvalue weighted by molar-refractivity contribution is 5.91. The molecule has 26 heavy (non-hydrogen) atoms. The maximum atomic E-state index is 12.0. The molecule has 4 N–H and O–H groups in total. The van der Waals surface area contributed by atoms with Gasteiger partial charge in [-0.2, -0.15) is 5.10 Å². The van der Waals surface area contributed by atoms with Crippen LogP contribution in [0, 0.1) is 5.92 Å². The Morgan fingerprint density at radius 2 is 2.31 bits per heavy atom. The second-order valence-electron chi connectivity index (χ2n) is 6.87. The van der Waals surface area contributed by atoms with Crippen LogP contribution in [-0.4, -0.2) is 38.5 Å². The van der Waals surface area contributed by atoms with Crippen LogP contribution in [0.3, 0.4) is 0 Å². The summed E-state index contributed by atoms with van der Waals surface area (Å²) in [7, 11) is 0. The second-order valence-corrected chi connectivity index (χ2v) is 6.87. The molecule has 140 valence electrons. The first kappa shape index (κ1) is 18.0. The molecular formula is C17H23N5O4. The molecule has 0 saturated heterocycles. The van der Waals surface area contributed by atoms with Crippen LogP contribution in [0.4, 0.5) is 10.6 Å². The van der Waals surface area contributed by atoms with E-state index in [-0.39, 0.29) is 18.4 Å². The van der Waals surface area contributed by atoms with Gasteiger partial charge in [-0.25, -0.2) is 4.79 Å². The zero-order chi connectivity index (χ0) is 18.5. The Labute approximate surface area is 150 Å². The Morgan fingerprint density at radius 3 is 3.04 bits per heavy atom. The third-order valence-electron chi connectivity index (χ3n) is 4.73. The normalized spacial score (nSPS) is 20.7. The minimum atomic E-state index is -0.980. The summed E-state index contributed by atoms with van der Waals surface area (Å²) in [5.41, 5.74) is 1.00. The summed E-state index contributed by atoms with van der Waals surface area (Å²) in [5.74, 6) is 1.62. The standard InChI is InChI=1S/C17H23N5O4/c1-10(19-17(24)25)6-11-2-3-12(7-11)14-9-15(22-21-14)20-16(23)8-13-4-5-18-26-13/h4-5,9-12,19H,2-3,6-8H2,1H3,(H,24,25)(H2,20,21,22,23). The number of rotatable bonds is 7. The van der Waals surface area contributed by atoms with Gasteiger partial charge in [0.05, 0.1) is 12.6 Å². The van der Waals surface area contributed by atoms with E-state index >= 15 is 0 Å². The fraction of sp³-hybridized carbons (Fsp3) is 0.529. The zero-order valence-corrected chi connectivity index (χ0v) is 14.6. The van der Waals surface area contributed by atoms with E-state index in [2.05, 4.69) is 26.0 Å². The van der Waals surface area contributed by atoms with E-state index in [4.69, 9.17) is 9.63 Å². The van der Waals surface area contributed by atoms with E-state index < -0.39 is 6.09 Å². The third-order valence-corrected chi connectivity index (χ3v) is 4.73. The van der Waals surface area contributed by atoms with E-state index in [0.29, 0.717) is 23.4 Å². The lowest BCUT2D eigenvalue weighted by molar-refractivity contribution is -0.115. The average Bonchev–Trinajstić information content (AvgIpc) is 3.27. The number of aromatic amines is 1. The van der Waals surface area contributed by atoms with Crippen molar-refractivity contribution >= 4 is 17.8 Å². The molecule has 1 saturated carbocycles. The SMILES string of the molecule is CC(CC1CCC(c2cc(NC(=O)Cc3ccno3)n[nH]2)C1)NC(=O)O. The topological polar surface area (TPSA) is 133 Å². The van der Waals surface area contributed by atoms with Crippen molar-refractivity contribution in [1.29, 1.82) is 0 Å². The quantitative estimate of drug-likeness (QED) is 0.599. The number of carbonyl (C=O) groups excluding carboxylic acids is 1. The van der Waals surface area contributed by atoms with Crippen LogP contribution in [0.2, 0.25) is 0 Å². The summed E-state index contributed by atoms with van der Waals surface area (Å²) in [5, 5.41) is 24.8. The van der Waals surface area contributed by atoms with Gasteiger partial charge in [-0.3, -0.25) is 9.89 Å². The van der Waals surface area contributed by atoms with Gasteiger partial charge in [0.25, 0.3) is 0 Å². The van der Waals surface area contributed by atoms with E-state index in [1.807, 2.05) is 13.0 Å². The van der Waals surface area contributed by atoms with Gasteiger partial charge in [-0.05, 0) is 38.5 Å². The van der Waals surface area contributed by atoms with Gasteiger partial charge in [0.2, 0.25) is 5.91 Å². The largest absolute Gasteiger partial charge is 0.465 e. The van der Waals surface area contributed by atoms with E-state index in [1.54, 1.807) is 6.07 Å². The van der Waals surface area contributed by atoms with E-state index in [1.165, 1.54) is 6.20 Å². The van der Waals surface area contributed by atoms with Crippen molar-refractivity contribution in [2.45, 2.75) is 51.0 Å². The lowest BCUT2D eigenvalue weighted by Gasteiger charge is -2.16.